The van der Waals surface area contributed by atoms with Crippen molar-refractivity contribution in [2.24, 2.45) is 0 Å². The van der Waals surface area contributed by atoms with Crippen LogP contribution in [0.4, 0.5) is 0 Å². The van der Waals surface area contributed by atoms with Crippen LogP contribution in [-0.4, -0.2) is 15.6 Å². The Hall–Kier alpha value is -1.68. The van der Waals surface area contributed by atoms with Crippen LogP contribution >= 0.6 is 11.3 Å². The highest BCUT2D eigenvalue weighted by molar-refractivity contribution is 7.10. The lowest BCUT2D eigenvalue weighted by Gasteiger charge is -1.99. The van der Waals surface area contributed by atoms with Crippen LogP contribution in [0.2, 0.25) is 0 Å². The van der Waals surface area contributed by atoms with Gasteiger partial charge in [-0.15, -0.1) is 11.3 Å². The molecule has 0 unspecified atom stereocenters. The van der Waals surface area contributed by atoms with Crippen LogP contribution in [0, 0.1) is 6.92 Å². The Balaban J connectivity index is 2.17. The van der Waals surface area contributed by atoms with Gasteiger partial charge in [0, 0.05) is 17.1 Å². The Kier molecular flexibility index (Phi) is 3.54. The molecule has 0 N–H and O–H groups in total. The summed E-state index contributed by atoms with van der Waals surface area (Å²) in [6, 6.07) is 3.95. The van der Waals surface area contributed by atoms with E-state index < -0.39 is 0 Å². The van der Waals surface area contributed by atoms with E-state index in [1.54, 1.807) is 23.6 Å². The maximum atomic E-state index is 12.0. The third kappa shape index (κ3) is 2.53. The van der Waals surface area contributed by atoms with E-state index in [-0.39, 0.29) is 5.78 Å². The van der Waals surface area contributed by atoms with Gasteiger partial charge in [0.2, 0.25) is 0 Å². The number of carbonyl (C=O) groups excluding carboxylic acids is 1. The normalized spacial score (nSPS) is 11.2. The van der Waals surface area contributed by atoms with E-state index in [9.17, 15) is 4.79 Å². The van der Waals surface area contributed by atoms with Crippen molar-refractivity contribution in [3.63, 3.8) is 0 Å². The molecule has 0 bridgehead atoms. The second-order valence-electron chi connectivity index (χ2n) is 3.67. The number of hydrogen-bond donors (Lipinski definition) is 0. The van der Waals surface area contributed by atoms with E-state index in [1.807, 2.05) is 42.1 Å². The SMILES string of the molecule is CCn1ncc(C(=O)/C=C/c2cccs2)c1C. The average Bonchev–Trinajstić information content (AvgIpc) is 2.95. The minimum Gasteiger partial charge on any atom is -0.289 e. The van der Waals surface area contributed by atoms with Crippen molar-refractivity contribution in [1.29, 1.82) is 0 Å². The molecule has 4 heteroatoms. The number of rotatable bonds is 4. The lowest BCUT2D eigenvalue weighted by Crippen LogP contribution is -2.01. The second-order valence-corrected chi connectivity index (χ2v) is 4.65. The fourth-order valence-electron chi connectivity index (χ4n) is 1.64. The molecule has 2 rings (SSSR count). The highest BCUT2D eigenvalue weighted by Gasteiger charge is 2.10. The number of hydrogen-bond acceptors (Lipinski definition) is 3. The predicted octanol–water partition coefficient (Wildman–Crippen LogP) is 3.17. The summed E-state index contributed by atoms with van der Waals surface area (Å²) in [5.41, 5.74) is 1.60. The van der Waals surface area contributed by atoms with Gasteiger partial charge in [-0.3, -0.25) is 9.48 Å². The minimum atomic E-state index is 0.00981. The van der Waals surface area contributed by atoms with E-state index in [0.717, 1.165) is 17.1 Å². The Morgan fingerprint density at radius 2 is 2.41 bits per heavy atom. The van der Waals surface area contributed by atoms with Crippen LogP contribution in [-0.2, 0) is 6.54 Å². The highest BCUT2D eigenvalue weighted by Crippen LogP contribution is 2.13. The molecule has 0 aromatic carbocycles. The van der Waals surface area contributed by atoms with Crippen LogP contribution < -0.4 is 0 Å². The molecular weight excluding hydrogens is 232 g/mol. The first-order valence-electron chi connectivity index (χ1n) is 5.50. The highest BCUT2D eigenvalue weighted by atomic mass is 32.1. The molecule has 3 nitrogen and oxygen atoms in total. The number of aryl methyl sites for hydroxylation is 1. The third-order valence-corrected chi connectivity index (χ3v) is 3.45. The molecular formula is C13H14N2OS. The summed E-state index contributed by atoms with van der Waals surface area (Å²) < 4.78 is 1.83. The van der Waals surface area contributed by atoms with Crippen molar-refractivity contribution in [2.45, 2.75) is 20.4 Å². The Morgan fingerprint density at radius 3 is 3.00 bits per heavy atom. The predicted molar refractivity (Wildman–Crippen MR) is 70.3 cm³/mol. The van der Waals surface area contributed by atoms with E-state index in [0.29, 0.717) is 5.56 Å². The summed E-state index contributed by atoms with van der Waals surface area (Å²) in [7, 11) is 0. The van der Waals surface area contributed by atoms with Crippen molar-refractivity contribution in [2.75, 3.05) is 0 Å². The summed E-state index contributed by atoms with van der Waals surface area (Å²) in [5.74, 6) is 0.00981. The fourth-order valence-corrected chi connectivity index (χ4v) is 2.26. The fraction of sp³-hybridized carbons (Fsp3) is 0.231. The first-order chi connectivity index (χ1) is 8.22. The maximum absolute atomic E-state index is 12.0. The molecule has 2 aromatic heterocycles. The molecule has 17 heavy (non-hydrogen) atoms. The summed E-state index contributed by atoms with van der Waals surface area (Å²) >= 11 is 1.61. The quantitative estimate of drug-likeness (QED) is 0.613. The zero-order chi connectivity index (χ0) is 12.3. The molecule has 0 aliphatic rings. The van der Waals surface area contributed by atoms with Crippen molar-refractivity contribution >= 4 is 23.2 Å². The molecule has 0 radical (unpaired) electrons. The lowest BCUT2D eigenvalue weighted by atomic mass is 10.1. The molecule has 0 spiro atoms. The van der Waals surface area contributed by atoms with Crippen LogP contribution in [0.1, 0.15) is 27.9 Å². The second kappa shape index (κ2) is 5.10. The number of thiophene rings is 1. The van der Waals surface area contributed by atoms with E-state index in [4.69, 9.17) is 0 Å². The molecule has 0 amide bonds. The standard InChI is InChI=1S/C13H14N2OS/c1-3-15-10(2)12(9-14-15)13(16)7-6-11-5-4-8-17-11/h4-9H,3H2,1-2H3/b7-6+. The van der Waals surface area contributed by atoms with Gasteiger partial charge < -0.3 is 0 Å². The van der Waals surface area contributed by atoms with Gasteiger partial charge in [-0.25, -0.2) is 0 Å². The van der Waals surface area contributed by atoms with Crippen molar-refractivity contribution in [3.05, 3.63) is 45.9 Å². The summed E-state index contributed by atoms with van der Waals surface area (Å²) in [4.78, 5) is 13.0. The molecule has 0 saturated carbocycles. The largest absolute Gasteiger partial charge is 0.289 e. The lowest BCUT2D eigenvalue weighted by molar-refractivity contribution is 0.104. The Morgan fingerprint density at radius 1 is 1.59 bits per heavy atom. The minimum absolute atomic E-state index is 0.00981. The first-order valence-corrected chi connectivity index (χ1v) is 6.38. The van der Waals surface area contributed by atoms with E-state index in [2.05, 4.69) is 5.10 Å². The molecule has 0 aliphatic heterocycles. The van der Waals surface area contributed by atoms with Crippen molar-refractivity contribution in [3.8, 4) is 0 Å². The molecule has 88 valence electrons. The number of ketones is 1. The molecule has 0 saturated heterocycles. The van der Waals surface area contributed by atoms with Crippen LogP contribution in [0.5, 0.6) is 0 Å². The van der Waals surface area contributed by atoms with Crippen LogP contribution in [0.15, 0.2) is 29.8 Å². The molecule has 0 atom stereocenters. The van der Waals surface area contributed by atoms with E-state index >= 15 is 0 Å². The summed E-state index contributed by atoms with van der Waals surface area (Å²) in [6.07, 6.45) is 5.09. The maximum Gasteiger partial charge on any atom is 0.189 e. The van der Waals surface area contributed by atoms with Gasteiger partial charge in [0.25, 0.3) is 0 Å². The zero-order valence-corrected chi connectivity index (χ0v) is 10.7. The number of nitrogens with zero attached hydrogens (tertiary/aromatic N) is 2. The van der Waals surface area contributed by atoms with Crippen LogP contribution in [0.3, 0.4) is 0 Å². The third-order valence-electron chi connectivity index (χ3n) is 2.61. The summed E-state index contributed by atoms with van der Waals surface area (Å²) in [5, 5.41) is 6.16. The molecule has 0 fully saturated rings. The van der Waals surface area contributed by atoms with Gasteiger partial charge in [0.1, 0.15) is 0 Å². The Bertz CT molecular complexity index is 538. The zero-order valence-electron chi connectivity index (χ0n) is 9.88. The van der Waals surface area contributed by atoms with Crippen molar-refractivity contribution < 1.29 is 4.79 Å². The molecule has 2 aromatic rings. The molecule has 2 heterocycles. The van der Waals surface area contributed by atoms with Gasteiger partial charge in [-0.05, 0) is 37.4 Å². The average molecular weight is 246 g/mol. The Labute approximate surface area is 104 Å². The molecule has 0 aliphatic carbocycles. The van der Waals surface area contributed by atoms with Gasteiger partial charge in [-0.1, -0.05) is 6.07 Å². The van der Waals surface area contributed by atoms with Crippen LogP contribution in [0.25, 0.3) is 6.08 Å². The van der Waals surface area contributed by atoms with Gasteiger partial charge in [-0.2, -0.15) is 5.10 Å². The van der Waals surface area contributed by atoms with Gasteiger partial charge in [0.15, 0.2) is 5.78 Å². The monoisotopic (exact) mass is 246 g/mol. The van der Waals surface area contributed by atoms with Crippen molar-refractivity contribution in [1.82, 2.24) is 9.78 Å². The number of aromatic nitrogens is 2. The van der Waals surface area contributed by atoms with Gasteiger partial charge in [0.05, 0.1) is 11.8 Å². The number of carbonyl (C=O) groups is 1. The smallest absolute Gasteiger partial charge is 0.189 e. The number of allylic oxidation sites excluding steroid dienone is 1. The van der Waals surface area contributed by atoms with E-state index in [1.165, 1.54) is 0 Å². The summed E-state index contributed by atoms with van der Waals surface area (Å²) in [6.45, 7) is 4.71. The topological polar surface area (TPSA) is 34.9 Å². The van der Waals surface area contributed by atoms with Gasteiger partial charge >= 0.3 is 0 Å². The first kappa shape index (κ1) is 11.8.